The van der Waals surface area contributed by atoms with Crippen molar-refractivity contribution in [2.24, 2.45) is 0 Å². The Morgan fingerprint density at radius 1 is 1.60 bits per heavy atom. The highest BCUT2D eigenvalue weighted by Gasteiger charge is 2.22. The van der Waals surface area contributed by atoms with Crippen LogP contribution in [0.5, 0.6) is 0 Å². The number of hydrogen-bond donors (Lipinski definition) is 2. The van der Waals surface area contributed by atoms with Gasteiger partial charge in [-0.25, -0.2) is 4.98 Å². The van der Waals surface area contributed by atoms with Crippen LogP contribution in [-0.4, -0.2) is 58.1 Å². The quantitative estimate of drug-likeness (QED) is 0.808. The van der Waals surface area contributed by atoms with E-state index in [1.807, 2.05) is 41.2 Å². The standard InChI is InChI=1S/C13H20N4O2S/c1-13(19,9-16(2)3)8-14-11(18)6-10-7-17-4-5-20-12(17)15-10/h4-5,7,19H,6,8-9H2,1-3H3,(H,14,18). The van der Waals surface area contributed by atoms with Gasteiger partial charge in [0.25, 0.3) is 0 Å². The van der Waals surface area contributed by atoms with Gasteiger partial charge in [0, 0.05) is 30.9 Å². The summed E-state index contributed by atoms with van der Waals surface area (Å²) in [4.78, 5) is 19.0. The Bertz CT molecular complexity index is 559. The van der Waals surface area contributed by atoms with Gasteiger partial charge in [0.2, 0.25) is 5.91 Å². The number of rotatable bonds is 6. The second kappa shape index (κ2) is 5.90. The van der Waals surface area contributed by atoms with Crippen LogP contribution < -0.4 is 5.32 Å². The van der Waals surface area contributed by atoms with Gasteiger partial charge in [-0.3, -0.25) is 9.20 Å². The third-order valence-electron chi connectivity index (χ3n) is 2.81. The van der Waals surface area contributed by atoms with E-state index in [9.17, 15) is 9.90 Å². The molecule has 0 spiro atoms. The average molecular weight is 296 g/mol. The summed E-state index contributed by atoms with van der Waals surface area (Å²) in [5.41, 5.74) is -0.199. The number of amides is 1. The second-order valence-corrected chi connectivity index (χ2v) is 6.39. The van der Waals surface area contributed by atoms with Crippen LogP contribution in [0.3, 0.4) is 0 Å². The highest BCUT2D eigenvalue weighted by molar-refractivity contribution is 7.15. The molecule has 2 heterocycles. The van der Waals surface area contributed by atoms with E-state index >= 15 is 0 Å². The molecule has 6 nitrogen and oxygen atoms in total. The van der Waals surface area contributed by atoms with E-state index in [-0.39, 0.29) is 18.9 Å². The van der Waals surface area contributed by atoms with E-state index in [4.69, 9.17) is 0 Å². The van der Waals surface area contributed by atoms with E-state index in [1.165, 1.54) is 11.3 Å². The predicted octanol–water partition coefficient (Wildman–Crippen LogP) is 0.367. The minimum Gasteiger partial charge on any atom is -0.387 e. The van der Waals surface area contributed by atoms with Crippen molar-refractivity contribution in [2.75, 3.05) is 27.2 Å². The van der Waals surface area contributed by atoms with Crippen molar-refractivity contribution in [1.82, 2.24) is 19.6 Å². The van der Waals surface area contributed by atoms with Gasteiger partial charge in [0.15, 0.2) is 4.96 Å². The maximum atomic E-state index is 11.9. The van der Waals surface area contributed by atoms with Crippen molar-refractivity contribution < 1.29 is 9.90 Å². The van der Waals surface area contributed by atoms with Crippen molar-refractivity contribution in [2.45, 2.75) is 18.9 Å². The van der Waals surface area contributed by atoms with E-state index in [2.05, 4.69) is 10.3 Å². The lowest BCUT2D eigenvalue weighted by molar-refractivity contribution is -0.121. The molecule has 0 saturated heterocycles. The minimum absolute atomic E-state index is 0.130. The van der Waals surface area contributed by atoms with Crippen LogP contribution in [0.25, 0.3) is 4.96 Å². The Hall–Kier alpha value is -1.44. The van der Waals surface area contributed by atoms with Crippen LogP contribution in [0.1, 0.15) is 12.6 Å². The molecule has 1 amide bonds. The van der Waals surface area contributed by atoms with Gasteiger partial charge in [-0.2, -0.15) is 0 Å². The normalized spacial score (nSPS) is 14.7. The van der Waals surface area contributed by atoms with E-state index in [0.29, 0.717) is 6.54 Å². The smallest absolute Gasteiger partial charge is 0.226 e. The number of fused-ring (bicyclic) bond motifs is 1. The van der Waals surface area contributed by atoms with Crippen LogP contribution in [0.15, 0.2) is 17.8 Å². The number of nitrogens with one attached hydrogen (secondary N) is 1. The van der Waals surface area contributed by atoms with Crippen molar-refractivity contribution in [3.63, 3.8) is 0 Å². The van der Waals surface area contributed by atoms with Crippen LogP contribution in [-0.2, 0) is 11.2 Å². The zero-order chi connectivity index (χ0) is 14.8. The molecule has 2 N–H and O–H groups in total. The van der Waals surface area contributed by atoms with Gasteiger partial charge in [-0.1, -0.05) is 0 Å². The van der Waals surface area contributed by atoms with Gasteiger partial charge in [0.05, 0.1) is 17.7 Å². The summed E-state index contributed by atoms with van der Waals surface area (Å²) in [6.45, 7) is 2.43. The molecular formula is C13H20N4O2S. The van der Waals surface area contributed by atoms with Crippen LogP contribution in [0, 0.1) is 0 Å². The summed E-state index contributed by atoms with van der Waals surface area (Å²) in [6.07, 6.45) is 3.99. The highest BCUT2D eigenvalue weighted by Crippen LogP contribution is 2.11. The first-order valence-corrected chi connectivity index (χ1v) is 7.28. The molecule has 0 bridgehead atoms. The SMILES string of the molecule is CN(C)CC(C)(O)CNC(=O)Cc1cn2ccsc2n1. The van der Waals surface area contributed by atoms with Crippen LogP contribution >= 0.6 is 11.3 Å². The summed E-state index contributed by atoms with van der Waals surface area (Å²) < 4.78 is 1.90. The number of thiazole rings is 1. The summed E-state index contributed by atoms with van der Waals surface area (Å²) in [5.74, 6) is -0.130. The van der Waals surface area contributed by atoms with Gasteiger partial charge in [-0.15, -0.1) is 11.3 Å². The molecule has 0 aliphatic rings. The highest BCUT2D eigenvalue weighted by atomic mass is 32.1. The van der Waals surface area contributed by atoms with E-state index in [1.54, 1.807) is 6.92 Å². The number of hydrogen-bond acceptors (Lipinski definition) is 5. The fraction of sp³-hybridized carbons (Fsp3) is 0.538. The molecule has 2 rings (SSSR count). The fourth-order valence-corrected chi connectivity index (χ4v) is 2.83. The number of carbonyl (C=O) groups excluding carboxylic acids is 1. The van der Waals surface area contributed by atoms with E-state index in [0.717, 1.165) is 10.7 Å². The Labute approximate surface area is 122 Å². The second-order valence-electron chi connectivity index (χ2n) is 5.51. The summed E-state index contributed by atoms with van der Waals surface area (Å²) >= 11 is 1.53. The topological polar surface area (TPSA) is 69.9 Å². The molecule has 1 atom stereocenters. The molecule has 0 aromatic carbocycles. The molecule has 0 saturated carbocycles. The maximum Gasteiger partial charge on any atom is 0.226 e. The van der Waals surface area contributed by atoms with Crippen molar-refractivity contribution >= 4 is 22.2 Å². The van der Waals surface area contributed by atoms with Crippen molar-refractivity contribution in [3.05, 3.63) is 23.5 Å². The van der Waals surface area contributed by atoms with Crippen LogP contribution in [0.2, 0.25) is 0 Å². The maximum absolute atomic E-state index is 11.9. The number of imidazole rings is 1. The average Bonchev–Trinajstić information content (AvgIpc) is 2.85. The third kappa shape index (κ3) is 4.03. The van der Waals surface area contributed by atoms with Gasteiger partial charge >= 0.3 is 0 Å². The lowest BCUT2D eigenvalue weighted by Crippen LogP contribution is -2.47. The Balaban J connectivity index is 1.85. The molecule has 20 heavy (non-hydrogen) atoms. The van der Waals surface area contributed by atoms with Gasteiger partial charge < -0.3 is 15.3 Å². The zero-order valence-corrected chi connectivity index (χ0v) is 12.8. The molecule has 2 aromatic rings. The number of aliphatic hydroxyl groups is 1. The lowest BCUT2D eigenvalue weighted by Gasteiger charge is -2.27. The first-order chi connectivity index (χ1) is 9.35. The molecule has 2 aromatic heterocycles. The Morgan fingerprint density at radius 3 is 3.00 bits per heavy atom. The molecule has 7 heteroatoms. The largest absolute Gasteiger partial charge is 0.387 e. The molecule has 110 valence electrons. The first kappa shape index (κ1) is 15.0. The molecular weight excluding hydrogens is 276 g/mol. The summed E-state index contributed by atoms with van der Waals surface area (Å²) in [5, 5.41) is 14.8. The number of nitrogens with zero attached hydrogens (tertiary/aromatic N) is 3. The Kier molecular flexibility index (Phi) is 4.42. The fourth-order valence-electron chi connectivity index (χ4n) is 2.11. The van der Waals surface area contributed by atoms with Crippen molar-refractivity contribution in [1.29, 1.82) is 0 Å². The summed E-state index contributed by atoms with van der Waals surface area (Å²) in [6, 6.07) is 0. The number of carbonyl (C=O) groups is 1. The molecule has 0 aliphatic heterocycles. The third-order valence-corrected chi connectivity index (χ3v) is 3.58. The number of likely N-dealkylation sites (N-methyl/N-ethyl adjacent to an activating group) is 1. The summed E-state index contributed by atoms with van der Waals surface area (Å²) in [7, 11) is 3.77. The molecule has 0 radical (unpaired) electrons. The molecule has 0 fully saturated rings. The monoisotopic (exact) mass is 296 g/mol. The zero-order valence-electron chi connectivity index (χ0n) is 12.0. The van der Waals surface area contributed by atoms with Gasteiger partial charge in [0.1, 0.15) is 0 Å². The van der Waals surface area contributed by atoms with Gasteiger partial charge in [-0.05, 0) is 21.0 Å². The van der Waals surface area contributed by atoms with Crippen LogP contribution in [0.4, 0.5) is 0 Å². The molecule has 1 unspecified atom stereocenters. The Morgan fingerprint density at radius 2 is 2.35 bits per heavy atom. The van der Waals surface area contributed by atoms with E-state index < -0.39 is 5.60 Å². The first-order valence-electron chi connectivity index (χ1n) is 6.41. The van der Waals surface area contributed by atoms with Crippen molar-refractivity contribution in [3.8, 4) is 0 Å². The minimum atomic E-state index is -0.937. The number of aromatic nitrogens is 2. The predicted molar refractivity (Wildman–Crippen MR) is 79.0 cm³/mol. The molecule has 0 aliphatic carbocycles. The lowest BCUT2D eigenvalue weighted by atomic mass is 10.1.